The van der Waals surface area contributed by atoms with Gasteiger partial charge in [-0.1, -0.05) is 6.07 Å². The molecule has 0 saturated heterocycles. The number of pyridine rings is 1. The van der Waals surface area contributed by atoms with Crippen LogP contribution < -0.4 is 5.73 Å². The number of halogens is 1. The first-order valence-corrected chi connectivity index (χ1v) is 4.95. The molecule has 2 heterocycles. The Morgan fingerprint density at radius 3 is 2.50 bits per heavy atom. The zero-order valence-corrected chi connectivity index (χ0v) is 9.09. The quantitative estimate of drug-likeness (QED) is 0.855. The van der Waals surface area contributed by atoms with Crippen molar-refractivity contribution in [3.63, 3.8) is 0 Å². The molecule has 2 N–H and O–H groups in total. The Morgan fingerprint density at radius 1 is 1.21 bits per heavy atom. The fraction of sp³-hybridized carbons (Fsp3) is 0.100. The fourth-order valence-corrected chi connectivity index (χ4v) is 1.96. The first-order chi connectivity index (χ1) is 6.38. The van der Waals surface area contributed by atoms with Gasteiger partial charge in [0.25, 0.3) is 0 Å². The predicted molar refractivity (Wildman–Crippen MR) is 61.8 cm³/mol. The van der Waals surface area contributed by atoms with Gasteiger partial charge in [0.1, 0.15) is 0 Å². The summed E-state index contributed by atoms with van der Waals surface area (Å²) in [5.74, 6) is 0. The van der Waals surface area contributed by atoms with Crippen molar-refractivity contribution in [2.45, 2.75) is 6.04 Å². The normalized spacial score (nSPS) is 11.8. The van der Waals surface area contributed by atoms with E-state index in [0.29, 0.717) is 0 Å². The number of nitrogens with zero attached hydrogens (tertiary/aromatic N) is 1. The Kier molecular flexibility index (Phi) is 4.07. The highest BCUT2D eigenvalue weighted by molar-refractivity contribution is 7.10. The van der Waals surface area contributed by atoms with Gasteiger partial charge in [-0.3, -0.25) is 4.98 Å². The largest absolute Gasteiger partial charge is 0.320 e. The molecular formula is C10H11ClN2S. The van der Waals surface area contributed by atoms with Crippen LogP contribution in [-0.4, -0.2) is 4.98 Å². The minimum atomic E-state index is -0.0111. The average molecular weight is 227 g/mol. The lowest BCUT2D eigenvalue weighted by Crippen LogP contribution is -2.09. The lowest BCUT2D eigenvalue weighted by atomic mass is 10.1. The first kappa shape index (κ1) is 11.2. The molecule has 0 aliphatic carbocycles. The molecule has 0 spiro atoms. The van der Waals surface area contributed by atoms with Crippen molar-refractivity contribution in [3.05, 3.63) is 52.5 Å². The molecule has 2 aromatic rings. The zero-order chi connectivity index (χ0) is 9.10. The molecule has 0 bridgehead atoms. The van der Waals surface area contributed by atoms with E-state index >= 15 is 0 Å². The topological polar surface area (TPSA) is 38.9 Å². The van der Waals surface area contributed by atoms with E-state index < -0.39 is 0 Å². The summed E-state index contributed by atoms with van der Waals surface area (Å²) in [4.78, 5) is 5.14. The summed E-state index contributed by atoms with van der Waals surface area (Å²) in [6.07, 6.45) is 3.53. The molecule has 0 radical (unpaired) electrons. The standard InChI is InChI=1S/C10H10N2S.ClH/c11-10(9-2-1-7-13-9)8-3-5-12-6-4-8;/h1-7,10H,11H2;1H/t10-;/m1./s1. The Hall–Kier alpha value is -0.900. The predicted octanol–water partition coefficient (Wildman–Crippen LogP) is 2.61. The van der Waals surface area contributed by atoms with Crippen molar-refractivity contribution in [2.75, 3.05) is 0 Å². The maximum atomic E-state index is 6.04. The summed E-state index contributed by atoms with van der Waals surface area (Å²) < 4.78 is 0. The van der Waals surface area contributed by atoms with Crippen molar-refractivity contribution in [2.24, 2.45) is 5.73 Å². The van der Waals surface area contributed by atoms with Crippen molar-refractivity contribution >= 4 is 23.7 Å². The third-order valence-corrected chi connectivity index (χ3v) is 2.87. The van der Waals surface area contributed by atoms with E-state index in [9.17, 15) is 0 Å². The SMILES string of the molecule is Cl.N[C@H](c1ccncc1)c1cccs1. The Morgan fingerprint density at radius 2 is 1.93 bits per heavy atom. The smallest absolute Gasteiger partial charge is 0.0647 e. The summed E-state index contributed by atoms with van der Waals surface area (Å²) in [5, 5.41) is 2.04. The van der Waals surface area contributed by atoms with E-state index in [0.717, 1.165) is 5.56 Å². The lowest BCUT2D eigenvalue weighted by molar-refractivity contribution is 0.889. The van der Waals surface area contributed by atoms with Gasteiger partial charge in [0, 0.05) is 17.3 Å². The van der Waals surface area contributed by atoms with Crippen molar-refractivity contribution in [3.8, 4) is 0 Å². The number of thiophene rings is 1. The van der Waals surface area contributed by atoms with Crippen LogP contribution in [0.2, 0.25) is 0 Å². The third-order valence-electron chi connectivity index (χ3n) is 1.91. The first-order valence-electron chi connectivity index (χ1n) is 4.07. The molecule has 2 aromatic heterocycles. The van der Waals surface area contributed by atoms with Gasteiger partial charge in [0.2, 0.25) is 0 Å². The molecule has 14 heavy (non-hydrogen) atoms. The highest BCUT2D eigenvalue weighted by Gasteiger charge is 2.08. The van der Waals surface area contributed by atoms with Gasteiger partial charge in [-0.25, -0.2) is 0 Å². The summed E-state index contributed by atoms with van der Waals surface area (Å²) in [6.45, 7) is 0. The van der Waals surface area contributed by atoms with Gasteiger partial charge in [0.05, 0.1) is 6.04 Å². The minimum Gasteiger partial charge on any atom is -0.320 e. The molecule has 0 aliphatic heterocycles. The van der Waals surface area contributed by atoms with Gasteiger partial charge < -0.3 is 5.73 Å². The molecule has 0 aliphatic rings. The van der Waals surface area contributed by atoms with Crippen LogP contribution in [-0.2, 0) is 0 Å². The summed E-state index contributed by atoms with van der Waals surface area (Å²) >= 11 is 1.68. The third kappa shape index (κ3) is 2.32. The average Bonchev–Trinajstić information content (AvgIpc) is 2.71. The number of hydrogen-bond donors (Lipinski definition) is 1. The zero-order valence-electron chi connectivity index (χ0n) is 7.46. The van der Waals surface area contributed by atoms with Crippen LogP contribution in [0, 0.1) is 0 Å². The van der Waals surface area contributed by atoms with Gasteiger partial charge in [-0.05, 0) is 29.1 Å². The second-order valence-electron chi connectivity index (χ2n) is 2.77. The summed E-state index contributed by atoms with van der Waals surface area (Å²) in [6, 6.07) is 7.95. The van der Waals surface area contributed by atoms with Gasteiger partial charge in [-0.2, -0.15) is 0 Å². The van der Waals surface area contributed by atoms with Crippen LogP contribution in [0.4, 0.5) is 0 Å². The molecule has 2 rings (SSSR count). The van der Waals surface area contributed by atoms with E-state index in [1.807, 2.05) is 23.6 Å². The summed E-state index contributed by atoms with van der Waals surface area (Å²) in [5.41, 5.74) is 7.15. The van der Waals surface area contributed by atoms with Crippen LogP contribution >= 0.6 is 23.7 Å². The molecule has 1 atom stereocenters. The molecule has 0 fully saturated rings. The second kappa shape index (κ2) is 5.10. The molecule has 2 nitrogen and oxygen atoms in total. The Balaban J connectivity index is 0.000000980. The molecule has 0 unspecified atom stereocenters. The maximum absolute atomic E-state index is 6.04. The Labute approximate surface area is 93.2 Å². The van der Waals surface area contributed by atoms with Crippen LogP contribution in [0.1, 0.15) is 16.5 Å². The number of hydrogen-bond acceptors (Lipinski definition) is 3. The molecular weight excluding hydrogens is 216 g/mol. The molecule has 0 amide bonds. The monoisotopic (exact) mass is 226 g/mol. The highest BCUT2D eigenvalue weighted by atomic mass is 35.5. The number of rotatable bonds is 2. The van der Waals surface area contributed by atoms with Crippen molar-refractivity contribution < 1.29 is 0 Å². The van der Waals surface area contributed by atoms with Gasteiger partial charge in [-0.15, -0.1) is 23.7 Å². The van der Waals surface area contributed by atoms with Gasteiger partial charge in [0.15, 0.2) is 0 Å². The number of nitrogens with two attached hydrogens (primary N) is 1. The molecule has 0 saturated carbocycles. The van der Waals surface area contributed by atoms with Crippen LogP contribution in [0.5, 0.6) is 0 Å². The van der Waals surface area contributed by atoms with Crippen LogP contribution in [0.25, 0.3) is 0 Å². The second-order valence-corrected chi connectivity index (χ2v) is 3.75. The molecule has 74 valence electrons. The highest BCUT2D eigenvalue weighted by Crippen LogP contribution is 2.22. The Bertz CT molecular complexity index is 361. The van der Waals surface area contributed by atoms with Crippen LogP contribution in [0.3, 0.4) is 0 Å². The van der Waals surface area contributed by atoms with Gasteiger partial charge >= 0.3 is 0 Å². The fourth-order valence-electron chi connectivity index (χ4n) is 1.20. The molecule has 4 heteroatoms. The maximum Gasteiger partial charge on any atom is 0.0647 e. The van der Waals surface area contributed by atoms with Crippen molar-refractivity contribution in [1.29, 1.82) is 0 Å². The van der Waals surface area contributed by atoms with E-state index in [1.165, 1.54) is 4.88 Å². The summed E-state index contributed by atoms with van der Waals surface area (Å²) in [7, 11) is 0. The van der Waals surface area contributed by atoms with Crippen LogP contribution in [0.15, 0.2) is 42.0 Å². The lowest BCUT2D eigenvalue weighted by Gasteiger charge is -2.08. The van der Waals surface area contributed by atoms with E-state index in [4.69, 9.17) is 5.73 Å². The molecule has 0 aromatic carbocycles. The van der Waals surface area contributed by atoms with E-state index in [-0.39, 0.29) is 18.4 Å². The number of aromatic nitrogens is 1. The minimum absolute atomic E-state index is 0. The van der Waals surface area contributed by atoms with Crippen molar-refractivity contribution in [1.82, 2.24) is 4.98 Å². The van der Waals surface area contributed by atoms with E-state index in [1.54, 1.807) is 23.7 Å². The van der Waals surface area contributed by atoms with E-state index in [2.05, 4.69) is 11.1 Å².